The van der Waals surface area contributed by atoms with Crippen molar-refractivity contribution in [2.45, 2.75) is 71.0 Å². The van der Waals surface area contributed by atoms with Gasteiger partial charge in [0.15, 0.2) is 0 Å². The highest BCUT2D eigenvalue weighted by Crippen LogP contribution is 2.35. The molecule has 1 aliphatic heterocycles. The monoisotopic (exact) mass is 336 g/mol. The van der Waals surface area contributed by atoms with E-state index in [9.17, 15) is 0 Å². The topological polar surface area (TPSA) is 41.1 Å². The third-order valence-electron chi connectivity index (χ3n) is 5.61. The largest absolute Gasteiger partial charge is 0.367 e. The Morgan fingerprint density at radius 2 is 1.80 bits per heavy atom. The standard InChI is InChI=1S/C21H28N4/c1-15-22-19(24-18-10-6-7-11-18)12-20(23-15)25-14-17-9-5-4-8-16(17)13-21(25,2)3/h4-5,8-9,12,18H,6-7,10-11,13-14H2,1-3H3,(H,22,23,24). The van der Waals surface area contributed by atoms with Crippen LogP contribution in [0, 0.1) is 6.92 Å². The quantitative estimate of drug-likeness (QED) is 0.897. The van der Waals surface area contributed by atoms with Gasteiger partial charge in [-0.2, -0.15) is 0 Å². The number of fused-ring (bicyclic) bond motifs is 1. The number of nitrogens with one attached hydrogen (secondary N) is 1. The smallest absolute Gasteiger partial charge is 0.135 e. The molecule has 4 heteroatoms. The van der Waals surface area contributed by atoms with Crippen LogP contribution < -0.4 is 10.2 Å². The lowest BCUT2D eigenvalue weighted by atomic mass is 9.85. The molecule has 0 spiro atoms. The van der Waals surface area contributed by atoms with Gasteiger partial charge in [0.05, 0.1) is 0 Å². The molecular weight excluding hydrogens is 308 g/mol. The molecule has 1 N–H and O–H groups in total. The number of hydrogen-bond donors (Lipinski definition) is 1. The zero-order chi connectivity index (χ0) is 17.4. The zero-order valence-electron chi connectivity index (χ0n) is 15.5. The second kappa shape index (κ2) is 6.32. The fourth-order valence-electron chi connectivity index (χ4n) is 4.26. The maximum atomic E-state index is 4.78. The van der Waals surface area contributed by atoms with Crippen LogP contribution in [0.5, 0.6) is 0 Å². The van der Waals surface area contributed by atoms with Crippen molar-refractivity contribution in [1.29, 1.82) is 0 Å². The first-order chi connectivity index (χ1) is 12.0. The Labute approximate surface area is 150 Å². The number of hydrogen-bond acceptors (Lipinski definition) is 4. The molecule has 1 aliphatic carbocycles. The van der Waals surface area contributed by atoms with E-state index in [4.69, 9.17) is 4.98 Å². The Morgan fingerprint density at radius 1 is 1.08 bits per heavy atom. The van der Waals surface area contributed by atoms with Gasteiger partial charge in [-0.05, 0) is 51.2 Å². The van der Waals surface area contributed by atoms with E-state index in [-0.39, 0.29) is 5.54 Å². The molecule has 25 heavy (non-hydrogen) atoms. The van der Waals surface area contributed by atoms with E-state index in [1.54, 1.807) is 0 Å². The summed E-state index contributed by atoms with van der Waals surface area (Å²) in [6.45, 7) is 7.52. The highest BCUT2D eigenvalue weighted by atomic mass is 15.3. The molecule has 0 amide bonds. The predicted octanol–water partition coefficient (Wildman–Crippen LogP) is 4.48. The van der Waals surface area contributed by atoms with Crippen molar-refractivity contribution in [2.75, 3.05) is 10.2 Å². The Morgan fingerprint density at radius 3 is 2.56 bits per heavy atom. The van der Waals surface area contributed by atoms with Crippen LogP contribution >= 0.6 is 0 Å². The maximum absolute atomic E-state index is 4.78. The highest BCUT2D eigenvalue weighted by molar-refractivity contribution is 5.54. The molecule has 0 atom stereocenters. The van der Waals surface area contributed by atoms with Gasteiger partial charge in [0, 0.05) is 24.2 Å². The lowest BCUT2D eigenvalue weighted by Crippen LogP contribution is -2.49. The van der Waals surface area contributed by atoms with E-state index >= 15 is 0 Å². The first kappa shape index (κ1) is 16.4. The van der Waals surface area contributed by atoms with Gasteiger partial charge < -0.3 is 10.2 Å². The maximum Gasteiger partial charge on any atom is 0.135 e. The minimum atomic E-state index is 0.0414. The molecule has 2 aromatic rings. The van der Waals surface area contributed by atoms with Crippen molar-refractivity contribution >= 4 is 11.6 Å². The van der Waals surface area contributed by atoms with Crippen molar-refractivity contribution in [3.05, 3.63) is 47.3 Å². The first-order valence-electron chi connectivity index (χ1n) is 9.48. The molecule has 1 aromatic heterocycles. The van der Waals surface area contributed by atoms with E-state index in [1.807, 2.05) is 6.92 Å². The normalized spacial score (nSPS) is 19.7. The average Bonchev–Trinajstić information content (AvgIpc) is 3.05. The van der Waals surface area contributed by atoms with E-state index in [2.05, 4.69) is 59.4 Å². The van der Waals surface area contributed by atoms with Crippen LogP contribution in [0.1, 0.15) is 56.5 Å². The summed E-state index contributed by atoms with van der Waals surface area (Å²) in [5, 5.41) is 3.63. The molecule has 4 nitrogen and oxygen atoms in total. The van der Waals surface area contributed by atoms with Crippen molar-refractivity contribution < 1.29 is 0 Å². The number of aryl methyl sites for hydroxylation is 1. The molecule has 2 aliphatic rings. The van der Waals surface area contributed by atoms with Gasteiger partial charge in [0.1, 0.15) is 17.5 Å². The van der Waals surface area contributed by atoms with Crippen molar-refractivity contribution in [3.63, 3.8) is 0 Å². The van der Waals surface area contributed by atoms with Crippen LogP contribution in [0.4, 0.5) is 11.6 Å². The molecule has 0 radical (unpaired) electrons. The van der Waals surface area contributed by atoms with Gasteiger partial charge in [0.25, 0.3) is 0 Å². The predicted molar refractivity (Wildman–Crippen MR) is 103 cm³/mol. The molecule has 1 fully saturated rings. The molecule has 4 rings (SSSR count). The average molecular weight is 336 g/mol. The Hall–Kier alpha value is -2.10. The fourth-order valence-corrected chi connectivity index (χ4v) is 4.26. The summed E-state index contributed by atoms with van der Waals surface area (Å²) >= 11 is 0. The number of anilines is 2. The van der Waals surface area contributed by atoms with E-state index in [1.165, 1.54) is 36.8 Å². The first-order valence-corrected chi connectivity index (χ1v) is 9.48. The van der Waals surface area contributed by atoms with E-state index in [0.717, 1.165) is 30.4 Å². The highest BCUT2D eigenvalue weighted by Gasteiger charge is 2.34. The molecule has 132 valence electrons. The van der Waals surface area contributed by atoms with Gasteiger partial charge in [-0.15, -0.1) is 0 Å². The summed E-state index contributed by atoms with van der Waals surface area (Å²) < 4.78 is 0. The Bertz CT molecular complexity index is 762. The second-order valence-corrected chi connectivity index (χ2v) is 8.13. The Balaban J connectivity index is 1.65. The molecule has 2 heterocycles. The minimum absolute atomic E-state index is 0.0414. The zero-order valence-corrected chi connectivity index (χ0v) is 15.5. The molecule has 0 saturated heterocycles. The van der Waals surface area contributed by atoms with Crippen LogP contribution in [0.25, 0.3) is 0 Å². The molecule has 1 saturated carbocycles. The number of rotatable bonds is 3. The second-order valence-electron chi connectivity index (χ2n) is 8.13. The van der Waals surface area contributed by atoms with Gasteiger partial charge in [-0.3, -0.25) is 0 Å². The van der Waals surface area contributed by atoms with Gasteiger partial charge in [-0.25, -0.2) is 9.97 Å². The van der Waals surface area contributed by atoms with Gasteiger partial charge in [-0.1, -0.05) is 37.1 Å². The summed E-state index contributed by atoms with van der Waals surface area (Å²) in [7, 11) is 0. The summed E-state index contributed by atoms with van der Waals surface area (Å²) in [5.74, 6) is 2.85. The van der Waals surface area contributed by atoms with Crippen LogP contribution in [0.3, 0.4) is 0 Å². The summed E-state index contributed by atoms with van der Waals surface area (Å²) in [5.41, 5.74) is 2.90. The number of aromatic nitrogens is 2. The SMILES string of the molecule is Cc1nc(NC2CCCC2)cc(N2Cc3ccccc3CC2(C)C)n1. The minimum Gasteiger partial charge on any atom is -0.367 e. The third-order valence-corrected chi connectivity index (χ3v) is 5.61. The summed E-state index contributed by atoms with van der Waals surface area (Å²) in [6, 6.07) is 11.5. The van der Waals surface area contributed by atoms with Gasteiger partial charge in [0.2, 0.25) is 0 Å². The lowest BCUT2D eigenvalue weighted by Gasteiger charge is -2.44. The Kier molecular flexibility index (Phi) is 4.14. The molecule has 0 unspecified atom stereocenters. The van der Waals surface area contributed by atoms with Crippen LogP contribution in [-0.4, -0.2) is 21.5 Å². The van der Waals surface area contributed by atoms with Crippen LogP contribution in [0.15, 0.2) is 30.3 Å². The van der Waals surface area contributed by atoms with Crippen molar-refractivity contribution in [2.24, 2.45) is 0 Å². The number of nitrogens with zero attached hydrogens (tertiary/aromatic N) is 3. The summed E-state index contributed by atoms with van der Waals surface area (Å²) in [4.78, 5) is 11.8. The van der Waals surface area contributed by atoms with E-state index < -0.39 is 0 Å². The van der Waals surface area contributed by atoms with Crippen LogP contribution in [-0.2, 0) is 13.0 Å². The van der Waals surface area contributed by atoms with Crippen molar-refractivity contribution in [3.8, 4) is 0 Å². The molecule has 1 aromatic carbocycles. The van der Waals surface area contributed by atoms with E-state index in [0.29, 0.717) is 6.04 Å². The molecule has 0 bridgehead atoms. The van der Waals surface area contributed by atoms with Crippen LogP contribution in [0.2, 0.25) is 0 Å². The molecular formula is C21H28N4. The van der Waals surface area contributed by atoms with Gasteiger partial charge >= 0.3 is 0 Å². The van der Waals surface area contributed by atoms with Crippen molar-refractivity contribution in [1.82, 2.24) is 9.97 Å². The lowest BCUT2D eigenvalue weighted by molar-refractivity contribution is 0.427. The fraction of sp³-hybridized carbons (Fsp3) is 0.524. The number of benzene rings is 1. The summed E-state index contributed by atoms with van der Waals surface area (Å²) in [6.07, 6.45) is 6.19. The third kappa shape index (κ3) is 3.35.